The number of hydrogen-bond acceptors (Lipinski definition) is 4. The molecule has 0 aliphatic heterocycles. The molecule has 1 atom stereocenters. The van der Waals surface area contributed by atoms with Crippen LogP contribution in [0.3, 0.4) is 0 Å². The Morgan fingerprint density at radius 2 is 2.15 bits per heavy atom. The van der Waals surface area contributed by atoms with E-state index in [4.69, 9.17) is 5.73 Å². The average Bonchev–Trinajstić information content (AvgIpc) is 2.95. The number of aromatic amines is 1. The van der Waals surface area contributed by atoms with Crippen LogP contribution in [-0.2, 0) is 16.4 Å². The van der Waals surface area contributed by atoms with Gasteiger partial charge in [-0.3, -0.25) is 0 Å². The van der Waals surface area contributed by atoms with E-state index in [0.29, 0.717) is 24.7 Å². The lowest BCUT2D eigenvalue weighted by molar-refractivity contribution is 0.294. The molecule has 1 aromatic rings. The molecule has 1 saturated carbocycles. The van der Waals surface area contributed by atoms with Gasteiger partial charge in [-0.1, -0.05) is 26.2 Å². The summed E-state index contributed by atoms with van der Waals surface area (Å²) in [6.45, 7) is 2.26. The van der Waals surface area contributed by atoms with E-state index in [1.807, 2.05) is 6.92 Å². The second kappa shape index (κ2) is 6.69. The summed E-state index contributed by atoms with van der Waals surface area (Å²) >= 11 is 0. The molecule has 0 spiro atoms. The number of nitrogens with one attached hydrogen (secondary N) is 2. The van der Waals surface area contributed by atoms with Crippen LogP contribution in [0.25, 0.3) is 0 Å². The van der Waals surface area contributed by atoms with Crippen molar-refractivity contribution in [1.82, 2.24) is 14.7 Å². The molecule has 20 heavy (non-hydrogen) atoms. The summed E-state index contributed by atoms with van der Waals surface area (Å²) in [5.74, 6) is 1.02. The number of nitrogens with zero attached hydrogens (tertiary/aromatic N) is 1. The highest BCUT2D eigenvalue weighted by molar-refractivity contribution is 7.89. The quantitative estimate of drug-likeness (QED) is 0.733. The molecule has 4 N–H and O–H groups in total. The van der Waals surface area contributed by atoms with Crippen LogP contribution in [0.15, 0.2) is 11.2 Å². The summed E-state index contributed by atoms with van der Waals surface area (Å²) in [6, 6.07) is -0.186. The Balaban J connectivity index is 2.08. The van der Waals surface area contributed by atoms with E-state index in [2.05, 4.69) is 14.7 Å². The number of sulfonamides is 1. The molecule has 0 saturated heterocycles. The minimum absolute atomic E-state index is 0.128. The van der Waals surface area contributed by atoms with Crippen molar-refractivity contribution in [3.8, 4) is 0 Å². The first-order chi connectivity index (χ1) is 9.56. The summed E-state index contributed by atoms with van der Waals surface area (Å²) in [6.07, 6.45) is 7.70. The van der Waals surface area contributed by atoms with Crippen LogP contribution < -0.4 is 10.5 Å². The van der Waals surface area contributed by atoms with Crippen molar-refractivity contribution < 1.29 is 8.42 Å². The van der Waals surface area contributed by atoms with Gasteiger partial charge in [0.1, 0.15) is 5.82 Å². The van der Waals surface area contributed by atoms with E-state index in [9.17, 15) is 8.42 Å². The molecular formula is C13H24N4O2S. The van der Waals surface area contributed by atoms with Gasteiger partial charge in [-0.05, 0) is 18.8 Å². The zero-order valence-corrected chi connectivity index (χ0v) is 12.7. The van der Waals surface area contributed by atoms with Crippen molar-refractivity contribution in [2.45, 2.75) is 56.5 Å². The fourth-order valence-corrected chi connectivity index (χ4v) is 4.05. The molecule has 114 valence electrons. The second-order valence-electron chi connectivity index (χ2n) is 5.41. The van der Waals surface area contributed by atoms with E-state index in [0.717, 1.165) is 25.7 Å². The average molecular weight is 300 g/mol. The molecule has 1 fully saturated rings. The maximum atomic E-state index is 12.3. The maximum Gasteiger partial charge on any atom is 0.257 e. The van der Waals surface area contributed by atoms with Crippen molar-refractivity contribution >= 4 is 10.0 Å². The third-order valence-electron chi connectivity index (χ3n) is 4.01. The van der Waals surface area contributed by atoms with Crippen molar-refractivity contribution in [2.24, 2.45) is 11.7 Å². The van der Waals surface area contributed by atoms with E-state index < -0.39 is 10.0 Å². The maximum absolute atomic E-state index is 12.3. The molecule has 6 nitrogen and oxygen atoms in total. The van der Waals surface area contributed by atoms with E-state index in [1.54, 1.807) is 0 Å². The van der Waals surface area contributed by atoms with Crippen molar-refractivity contribution in [1.29, 1.82) is 0 Å². The molecule has 7 heteroatoms. The lowest BCUT2D eigenvalue weighted by Crippen LogP contribution is -2.45. The smallest absolute Gasteiger partial charge is 0.257 e. The summed E-state index contributed by atoms with van der Waals surface area (Å²) in [7, 11) is -3.56. The van der Waals surface area contributed by atoms with Crippen LogP contribution in [0.1, 0.15) is 44.9 Å². The molecule has 1 aliphatic rings. The molecule has 1 aliphatic carbocycles. The Morgan fingerprint density at radius 3 is 2.70 bits per heavy atom. The number of imidazole rings is 1. The molecule has 1 aromatic heterocycles. The Kier molecular flexibility index (Phi) is 5.17. The first-order valence-corrected chi connectivity index (χ1v) is 8.81. The largest absolute Gasteiger partial charge is 0.332 e. The Bertz CT molecular complexity index is 520. The number of H-pyrrole nitrogens is 1. The molecule has 0 aromatic carbocycles. The minimum atomic E-state index is -3.56. The third kappa shape index (κ3) is 3.59. The molecule has 1 heterocycles. The van der Waals surface area contributed by atoms with Gasteiger partial charge in [0.15, 0.2) is 5.03 Å². The highest BCUT2D eigenvalue weighted by atomic mass is 32.2. The predicted octanol–water partition coefficient (Wildman–Crippen LogP) is 1.16. The van der Waals surface area contributed by atoms with Gasteiger partial charge < -0.3 is 10.7 Å². The summed E-state index contributed by atoms with van der Waals surface area (Å²) in [5.41, 5.74) is 5.77. The van der Waals surface area contributed by atoms with Crippen molar-refractivity contribution in [3.63, 3.8) is 0 Å². The zero-order valence-electron chi connectivity index (χ0n) is 11.9. The Morgan fingerprint density at radius 1 is 1.45 bits per heavy atom. The summed E-state index contributed by atoms with van der Waals surface area (Å²) in [5, 5.41) is 0.128. The number of rotatable bonds is 6. The van der Waals surface area contributed by atoms with Gasteiger partial charge in [-0.25, -0.2) is 18.1 Å². The highest BCUT2D eigenvalue weighted by Crippen LogP contribution is 2.26. The van der Waals surface area contributed by atoms with Crippen molar-refractivity contribution in [2.75, 3.05) is 6.54 Å². The van der Waals surface area contributed by atoms with Crippen LogP contribution in [0, 0.1) is 5.92 Å². The van der Waals surface area contributed by atoms with E-state index in [-0.39, 0.29) is 11.1 Å². The van der Waals surface area contributed by atoms with Gasteiger partial charge in [0.2, 0.25) is 0 Å². The SMILES string of the molecule is CCc1ncc(S(=O)(=O)NC(CN)C2CCCCC2)[nH]1. The van der Waals surface area contributed by atoms with Crippen LogP contribution in [0.2, 0.25) is 0 Å². The highest BCUT2D eigenvalue weighted by Gasteiger charge is 2.28. The lowest BCUT2D eigenvalue weighted by atomic mass is 9.84. The van der Waals surface area contributed by atoms with Crippen LogP contribution >= 0.6 is 0 Å². The lowest BCUT2D eigenvalue weighted by Gasteiger charge is -2.29. The fourth-order valence-electron chi connectivity index (χ4n) is 2.80. The van der Waals surface area contributed by atoms with Crippen LogP contribution in [0.5, 0.6) is 0 Å². The first kappa shape index (κ1) is 15.5. The van der Waals surface area contributed by atoms with Gasteiger partial charge >= 0.3 is 0 Å². The van der Waals surface area contributed by atoms with E-state index in [1.165, 1.54) is 12.6 Å². The number of hydrogen-bond donors (Lipinski definition) is 3. The predicted molar refractivity (Wildman–Crippen MR) is 77.7 cm³/mol. The number of aryl methyl sites for hydroxylation is 1. The van der Waals surface area contributed by atoms with Gasteiger partial charge in [-0.15, -0.1) is 0 Å². The number of nitrogens with two attached hydrogens (primary N) is 1. The van der Waals surface area contributed by atoms with Gasteiger partial charge in [0, 0.05) is 19.0 Å². The standard InChI is InChI=1S/C13H24N4O2S/c1-2-12-15-9-13(16-12)20(18,19)17-11(8-14)10-6-4-3-5-7-10/h9-11,17H,2-8,14H2,1H3,(H,15,16). The van der Waals surface area contributed by atoms with Crippen LogP contribution in [0.4, 0.5) is 0 Å². The van der Waals surface area contributed by atoms with Crippen molar-refractivity contribution in [3.05, 3.63) is 12.0 Å². The van der Waals surface area contributed by atoms with Gasteiger partial charge in [-0.2, -0.15) is 0 Å². The minimum Gasteiger partial charge on any atom is -0.332 e. The zero-order chi connectivity index (χ0) is 14.6. The monoisotopic (exact) mass is 300 g/mol. The number of aromatic nitrogens is 2. The molecule has 1 unspecified atom stereocenters. The normalized spacial score (nSPS) is 19.1. The van der Waals surface area contributed by atoms with E-state index >= 15 is 0 Å². The Hall–Kier alpha value is -0.920. The van der Waals surface area contributed by atoms with Gasteiger partial charge in [0.05, 0.1) is 6.20 Å². The van der Waals surface area contributed by atoms with Crippen LogP contribution in [-0.4, -0.2) is 31.0 Å². The second-order valence-corrected chi connectivity index (χ2v) is 7.09. The molecular weight excluding hydrogens is 276 g/mol. The fraction of sp³-hybridized carbons (Fsp3) is 0.769. The molecule has 0 radical (unpaired) electrons. The third-order valence-corrected chi connectivity index (χ3v) is 5.41. The Labute approximate surface area is 120 Å². The van der Waals surface area contributed by atoms with Gasteiger partial charge in [0.25, 0.3) is 10.0 Å². The summed E-state index contributed by atoms with van der Waals surface area (Å²) in [4.78, 5) is 6.87. The molecule has 0 amide bonds. The molecule has 0 bridgehead atoms. The molecule has 2 rings (SSSR count). The topological polar surface area (TPSA) is 101 Å². The first-order valence-electron chi connectivity index (χ1n) is 7.33. The summed E-state index contributed by atoms with van der Waals surface area (Å²) < 4.78 is 27.4.